The summed E-state index contributed by atoms with van der Waals surface area (Å²) in [7, 11) is 0. The molecule has 0 saturated heterocycles. The van der Waals surface area contributed by atoms with Crippen LogP contribution >= 0.6 is 0 Å². The molecule has 4 nitrogen and oxygen atoms in total. The summed E-state index contributed by atoms with van der Waals surface area (Å²) in [5.74, 6) is -1.28. The average molecular weight is 234 g/mol. The van der Waals surface area contributed by atoms with Crippen LogP contribution < -0.4 is 0 Å². The summed E-state index contributed by atoms with van der Waals surface area (Å²) in [6, 6.07) is 7.18. The van der Waals surface area contributed by atoms with Gasteiger partial charge in [-0.15, -0.1) is 0 Å². The standard InChI is InChI=1S/C13H14O4/c1-2-13(16)17-9-11-6-4-3-5-10(11)7-8-12(14)15/h3-8H,2,9H2,1H3,(H,14,15)/b8-7+. The number of carboxylic acid groups (broad SMARTS) is 1. The van der Waals surface area contributed by atoms with E-state index in [0.717, 1.165) is 17.2 Å². The lowest BCUT2D eigenvalue weighted by atomic mass is 10.1. The molecular formula is C13H14O4. The molecule has 1 aromatic carbocycles. The maximum Gasteiger partial charge on any atom is 0.328 e. The molecular weight excluding hydrogens is 220 g/mol. The van der Waals surface area contributed by atoms with E-state index in [0.29, 0.717) is 6.42 Å². The summed E-state index contributed by atoms with van der Waals surface area (Å²) in [5, 5.41) is 8.55. The minimum Gasteiger partial charge on any atom is -0.478 e. The molecule has 0 heterocycles. The van der Waals surface area contributed by atoms with Gasteiger partial charge in [0.1, 0.15) is 6.61 Å². The number of benzene rings is 1. The first-order valence-corrected chi connectivity index (χ1v) is 5.28. The third kappa shape index (κ3) is 4.51. The van der Waals surface area contributed by atoms with Crippen LogP contribution in [0.4, 0.5) is 0 Å². The van der Waals surface area contributed by atoms with E-state index in [-0.39, 0.29) is 12.6 Å². The third-order valence-electron chi connectivity index (χ3n) is 2.14. The van der Waals surface area contributed by atoms with Gasteiger partial charge < -0.3 is 9.84 Å². The van der Waals surface area contributed by atoms with Crippen molar-refractivity contribution in [2.45, 2.75) is 20.0 Å². The molecule has 0 aliphatic heterocycles. The Hall–Kier alpha value is -2.10. The van der Waals surface area contributed by atoms with Gasteiger partial charge in [0.05, 0.1) is 0 Å². The monoisotopic (exact) mass is 234 g/mol. The van der Waals surface area contributed by atoms with E-state index >= 15 is 0 Å². The SMILES string of the molecule is CCC(=O)OCc1ccccc1/C=C/C(=O)O. The fraction of sp³-hybridized carbons (Fsp3) is 0.231. The number of carboxylic acids is 1. The van der Waals surface area contributed by atoms with Gasteiger partial charge in [0.25, 0.3) is 0 Å². The number of ether oxygens (including phenoxy) is 1. The second-order valence-corrected chi connectivity index (χ2v) is 3.38. The zero-order valence-electron chi connectivity index (χ0n) is 9.55. The lowest BCUT2D eigenvalue weighted by Gasteiger charge is -2.06. The number of carbonyl (C=O) groups is 2. The number of hydrogen-bond acceptors (Lipinski definition) is 3. The van der Waals surface area contributed by atoms with Crippen molar-refractivity contribution in [2.24, 2.45) is 0 Å². The highest BCUT2D eigenvalue weighted by atomic mass is 16.5. The van der Waals surface area contributed by atoms with E-state index in [4.69, 9.17) is 9.84 Å². The van der Waals surface area contributed by atoms with Crippen LogP contribution in [-0.2, 0) is 20.9 Å². The Morgan fingerprint density at radius 2 is 2.06 bits per heavy atom. The third-order valence-corrected chi connectivity index (χ3v) is 2.14. The Bertz CT molecular complexity index is 435. The van der Waals surface area contributed by atoms with E-state index in [1.165, 1.54) is 6.08 Å². The van der Waals surface area contributed by atoms with Gasteiger partial charge in [-0.1, -0.05) is 31.2 Å². The Balaban J connectivity index is 2.77. The number of hydrogen-bond donors (Lipinski definition) is 1. The van der Waals surface area contributed by atoms with Crippen LogP contribution in [0.1, 0.15) is 24.5 Å². The van der Waals surface area contributed by atoms with Crippen molar-refractivity contribution in [3.63, 3.8) is 0 Å². The summed E-state index contributed by atoms with van der Waals surface area (Å²) in [4.78, 5) is 21.5. The number of carbonyl (C=O) groups excluding carboxylic acids is 1. The molecule has 1 aromatic rings. The van der Waals surface area contributed by atoms with Crippen LogP contribution in [0.2, 0.25) is 0 Å². The highest BCUT2D eigenvalue weighted by Gasteiger charge is 2.03. The first-order valence-electron chi connectivity index (χ1n) is 5.28. The average Bonchev–Trinajstić information content (AvgIpc) is 2.34. The Morgan fingerprint density at radius 3 is 2.71 bits per heavy atom. The molecule has 0 amide bonds. The predicted molar refractivity (Wildman–Crippen MR) is 63.2 cm³/mol. The lowest BCUT2D eigenvalue weighted by Crippen LogP contribution is -2.03. The van der Waals surface area contributed by atoms with Gasteiger partial charge in [-0.05, 0) is 17.2 Å². The van der Waals surface area contributed by atoms with Gasteiger partial charge in [-0.3, -0.25) is 4.79 Å². The molecule has 0 unspecified atom stereocenters. The highest BCUT2D eigenvalue weighted by Crippen LogP contribution is 2.12. The second kappa shape index (κ2) is 6.48. The van der Waals surface area contributed by atoms with Gasteiger partial charge in [0, 0.05) is 12.5 Å². The lowest BCUT2D eigenvalue weighted by molar-refractivity contribution is -0.144. The van der Waals surface area contributed by atoms with Crippen molar-refractivity contribution in [3.8, 4) is 0 Å². The predicted octanol–water partition coefficient (Wildman–Crippen LogP) is 2.24. The van der Waals surface area contributed by atoms with Crippen molar-refractivity contribution in [1.82, 2.24) is 0 Å². The van der Waals surface area contributed by atoms with E-state index in [1.807, 2.05) is 6.07 Å². The Labute approximate surface area is 99.5 Å². The van der Waals surface area contributed by atoms with Gasteiger partial charge in [0.2, 0.25) is 0 Å². The van der Waals surface area contributed by atoms with Crippen molar-refractivity contribution >= 4 is 18.0 Å². The summed E-state index contributed by atoms with van der Waals surface area (Å²) in [6.45, 7) is 1.88. The van der Waals surface area contributed by atoms with Crippen molar-refractivity contribution < 1.29 is 19.4 Å². The van der Waals surface area contributed by atoms with Gasteiger partial charge in [-0.25, -0.2) is 4.79 Å². The maximum absolute atomic E-state index is 11.0. The van der Waals surface area contributed by atoms with Crippen molar-refractivity contribution in [1.29, 1.82) is 0 Å². The summed E-state index contributed by atoms with van der Waals surface area (Å²) < 4.78 is 5.00. The molecule has 0 aromatic heterocycles. The van der Waals surface area contributed by atoms with E-state index in [1.54, 1.807) is 25.1 Å². The minimum absolute atomic E-state index is 0.160. The molecule has 0 fully saturated rings. The molecule has 0 radical (unpaired) electrons. The van der Waals surface area contributed by atoms with Crippen molar-refractivity contribution in [3.05, 3.63) is 41.5 Å². The second-order valence-electron chi connectivity index (χ2n) is 3.38. The Kier molecular flexibility index (Phi) is 4.94. The van der Waals surface area contributed by atoms with Crippen LogP contribution in [0, 0.1) is 0 Å². The summed E-state index contributed by atoms with van der Waals surface area (Å²) >= 11 is 0. The van der Waals surface area contributed by atoms with Crippen LogP contribution in [-0.4, -0.2) is 17.0 Å². The van der Waals surface area contributed by atoms with Gasteiger partial charge in [-0.2, -0.15) is 0 Å². The summed E-state index contributed by atoms with van der Waals surface area (Å²) in [6.07, 6.45) is 2.87. The van der Waals surface area contributed by atoms with Gasteiger partial charge >= 0.3 is 11.9 Å². The smallest absolute Gasteiger partial charge is 0.328 e. The fourth-order valence-corrected chi connectivity index (χ4v) is 1.25. The molecule has 17 heavy (non-hydrogen) atoms. The first-order chi connectivity index (χ1) is 8.13. The van der Waals surface area contributed by atoms with E-state index in [2.05, 4.69) is 0 Å². The molecule has 1 rings (SSSR count). The molecule has 0 atom stereocenters. The highest BCUT2D eigenvalue weighted by molar-refractivity contribution is 5.85. The molecule has 4 heteroatoms. The van der Waals surface area contributed by atoms with Crippen LogP contribution in [0.3, 0.4) is 0 Å². The normalized spacial score (nSPS) is 10.4. The van der Waals surface area contributed by atoms with E-state index in [9.17, 15) is 9.59 Å². The van der Waals surface area contributed by atoms with Gasteiger partial charge in [0.15, 0.2) is 0 Å². The number of rotatable bonds is 5. The zero-order chi connectivity index (χ0) is 12.7. The van der Waals surface area contributed by atoms with E-state index < -0.39 is 5.97 Å². The maximum atomic E-state index is 11.0. The van der Waals surface area contributed by atoms with Crippen LogP contribution in [0.15, 0.2) is 30.3 Å². The number of aliphatic carboxylic acids is 1. The quantitative estimate of drug-likeness (QED) is 0.626. The molecule has 1 N–H and O–H groups in total. The molecule has 0 aliphatic carbocycles. The van der Waals surface area contributed by atoms with Crippen LogP contribution in [0.5, 0.6) is 0 Å². The molecule has 0 bridgehead atoms. The molecule has 0 spiro atoms. The molecule has 0 saturated carbocycles. The Morgan fingerprint density at radius 1 is 1.35 bits per heavy atom. The fourth-order valence-electron chi connectivity index (χ4n) is 1.25. The first kappa shape index (κ1) is 13.0. The molecule has 90 valence electrons. The van der Waals surface area contributed by atoms with Crippen LogP contribution in [0.25, 0.3) is 6.08 Å². The number of esters is 1. The molecule has 0 aliphatic rings. The minimum atomic E-state index is -1.01. The van der Waals surface area contributed by atoms with Crippen molar-refractivity contribution in [2.75, 3.05) is 0 Å². The largest absolute Gasteiger partial charge is 0.478 e. The zero-order valence-corrected chi connectivity index (χ0v) is 9.55. The topological polar surface area (TPSA) is 63.6 Å². The summed E-state index contributed by atoms with van der Waals surface area (Å²) in [5.41, 5.74) is 1.52.